The van der Waals surface area contributed by atoms with Gasteiger partial charge in [-0.1, -0.05) is 60.7 Å². The highest BCUT2D eigenvalue weighted by molar-refractivity contribution is 7.86. The van der Waals surface area contributed by atoms with E-state index < -0.39 is 10.1 Å². The molecule has 0 unspecified atom stereocenters. The average Bonchev–Trinajstić information content (AvgIpc) is 3.56. The van der Waals surface area contributed by atoms with E-state index in [9.17, 15) is 8.42 Å². The summed E-state index contributed by atoms with van der Waals surface area (Å²) < 4.78 is 29.9. The van der Waals surface area contributed by atoms with Crippen molar-refractivity contribution in [3.63, 3.8) is 0 Å². The Bertz CT molecular complexity index is 1410. The van der Waals surface area contributed by atoms with E-state index >= 15 is 0 Å². The summed E-state index contributed by atoms with van der Waals surface area (Å²) in [6.07, 6.45) is 0. The van der Waals surface area contributed by atoms with Gasteiger partial charge in [-0.3, -0.25) is 14.4 Å². The van der Waals surface area contributed by atoms with Gasteiger partial charge in [0.05, 0.1) is 34.8 Å². The van der Waals surface area contributed by atoms with Crippen LogP contribution in [0.25, 0.3) is 45.0 Å². The second kappa shape index (κ2) is 8.50. The fourth-order valence-corrected chi connectivity index (χ4v) is 4.34. The Morgan fingerprint density at radius 1 is 0.636 bits per heavy atom. The summed E-state index contributed by atoms with van der Waals surface area (Å²) in [4.78, 5) is 0.0334. The molecule has 0 fully saturated rings. The molecule has 0 saturated carbocycles. The van der Waals surface area contributed by atoms with Gasteiger partial charge in [0, 0.05) is 11.1 Å². The molecule has 0 aliphatic carbocycles. The minimum Gasteiger partial charge on any atom is -0.277 e. The highest BCUT2D eigenvalue weighted by Gasteiger charge is 2.19. The molecule has 2 heterocycles. The molecule has 0 amide bonds. The summed E-state index contributed by atoms with van der Waals surface area (Å²) in [5.74, 6) is 0. The first kappa shape index (κ1) is 20.9. The molecule has 7 nitrogen and oxygen atoms in total. The number of aromatic amines is 2. The third kappa shape index (κ3) is 4.21. The van der Waals surface area contributed by atoms with Crippen LogP contribution in [0.2, 0.25) is 0 Å². The molecule has 2 aromatic heterocycles. The monoisotopic (exact) mass is 456 g/mol. The molecule has 0 aliphatic rings. The normalized spacial score (nSPS) is 11.5. The van der Waals surface area contributed by atoms with Crippen LogP contribution in [-0.2, 0) is 14.3 Å². The summed E-state index contributed by atoms with van der Waals surface area (Å²) in [5.41, 5.74) is 6.12. The second-order valence-corrected chi connectivity index (χ2v) is 9.15. The fourth-order valence-electron chi connectivity index (χ4n) is 3.61. The molecule has 3 aromatic carbocycles. The van der Waals surface area contributed by atoms with Crippen LogP contribution in [0.3, 0.4) is 0 Å². The molecule has 164 valence electrons. The van der Waals surface area contributed by atoms with Gasteiger partial charge < -0.3 is 0 Å². The van der Waals surface area contributed by atoms with E-state index in [0.29, 0.717) is 22.5 Å². The maximum atomic E-state index is 12.5. The molecule has 0 bridgehead atoms. The number of H-pyrrole nitrogens is 2. The number of nitrogens with one attached hydrogen (secondary N) is 2. The summed E-state index contributed by atoms with van der Waals surface area (Å²) in [6, 6.07) is 28.3. The number of nitrogens with zero attached hydrogens (tertiary/aromatic N) is 2. The van der Waals surface area contributed by atoms with Gasteiger partial charge in [0.1, 0.15) is 0 Å². The molecule has 0 spiro atoms. The minimum atomic E-state index is -3.93. The Kier molecular flexibility index (Phi) is 5.37. The Morgan fingerprint density at radius 2 is 1.09 bits per heavy atom. The molecular weight excluding hydrogens is 436 g/mol. The fraction of sp³-hybridized carbons (Fsp3) is 0.0400. The maximum Gasteiger partial charge on any atom is 0.296 e. The number of hydrogen-bond acceptors (Lipinski definition) is 5. The van der Waals surface area contributed by atoms with Gasteiger partial charge in [0.15, 0.2) is 0 Å². The zero-order chi connectivity index (χ0) is 22.8. The Labute approximate surface area is 191 Å². The van der Waals surface area contributed by atoms with Crippen molar-refractivity contribution in [2.45, 2.75) is 4.90 Å². The molecule has 5 aromatic rings. The van der Waals surface area contributed by atoms with Crippen molar-refractivity contribution in [3.8, 4) is 45.0 Å². The largest absolute Gasteiger partial charge is 0.296 e. The summed E-state index contributed by atoms with van der Waals surface area (Å²) in [5, 5.41) is 14.9. The van der Waals surface area contributed by atoms with E-state index in [1.54, 1.807) is 12.1 Å². The number of benzene rings is 3. The third-order valence-electron chi connectivity index (χ3n) is 5.33. The lowest BCUT2D eigenvalue weighted by atomic mass is 10.0. The number of aromatic nitrogens is 4. The van der Waals surface area contributed by atoms with Crippen molar-refractivity contribution in [2.24, 2.45) is 0 Å². The van der Waals surface area contributed by atoms with Crippen molar-refractivity contribution >= 4 is 10.1 Å². The molecule has 2 N–H and O–H groups in total. The molecule has 0 radical (unpaired) electrons. The predicted molar refractivity (Wildman–Crippen MR) is 127 cm³/mol. The molecular formula is C25H20N4O3S. The Balaban J connectivity index is 1.60. The van der Waals surface area contributed by atoms with Gasteiger partial charge in [0.25, 0.3) is 10.1 Å². The summed E-state index contributed by atoms with van der Waals surface area (Å²) >= 11 is 0. The average molecular weight is 457 g/mol. The molecule has 8 heteroatoms. The van der Waals surface area contributed by atoms with Crippen molar-refractivity contribution in [2.75, 3.05) is 7.11 Å². The second-order valence-electron chi connectivity index (χ2n) is 7.43. The van der Waals surface area contributed by atoms with Crippen LogP contribution in [0.15, 0.2) is 95.9 Å². The van der Waals surface area contributed by atoms with Crippen molar-refractivity contribution in [3.05, 3.63) is 91.0 Å². The zero-order valence-corrected chi connectivity index (χ0v) is 18.5. The van der Waals surface area contributed by atoms with E-state index in [1.807, 2.05) is 78.9 Å². The first-order valence-corrected chi connectivity index (χ1v) is 11.6. The lowest BCUT2D eigenvalue weighted by Crippen LogP contribution is -2.03. The standard InChI is InChI=1S/C25H20N4O3S/c1-32-33(30,31)21-13-19(24-15-22(26-28-24)17-8-4-2-5-9-17)12-20(14-21)25-16-23(27-29-25)18-10-6-3-7-11-18/h2-16H,1H3,(H,26,28)(H,27,29). The van der Waals surface area contributed by atoms with E-state index in [4.69, 9.17) is 4.18 Å². The smallest absolute Gasteiger partial charge is 0.277 e. The lowest BCUT2D eigenvalue weighted by Gasteiger charge is -2.07. The Hall–Kier alpha value is -4.01. The molecule has 0 atom stereocenters. The van der Waals surface area contributed by atoms with Crippen molar-refractivity contribution < 1.29 is 12.6 Å². The topological polar surface area (TPSA) is 101 Å². The predicted octanol–water partition coefficient (Wildman–Crippen LogP) is 5.14. The van der Waals surface area contributed by atoms with Gasteiger partial charge in [-0.25, -0.2) is 0 Å². The first-order chi connectivity index (χ1) is 16.0. The third-order valence-corrected chi connectivity index (χ3v) is 6.58. The molecule has 0 aliphatic heterocycles. The van der Waals surface area contributed by atoms with Crippen molar-refractivity contribution in [1.29, 1.82) is 0 Å². The van der Waals surface area contributed by atoms with Gasteiger partial charge >= 0.3 is 0 Å². The summed E-state index contributed by atoms with van der Waals surface area (Å²) in [7, 11) is -2.78. The summed E-state index contributed by atoms with van der Waals surface area (Å²) in [6.45, 7) is 0. The van der Waals surface area contributed by atoms with Crippen LogP contribution < -0.4 is 0 Å². The molecule has 33 heavy (non-hydrogen) atoms. The minimum absolute atomic E-state index is 0.0334. The van der Waals surface area contributed by atoms with E-state index in [0.717, 1.165) is 29.6 Å². The van der Waals surface area contributed by atoms with Crippen LogP contribution >= 0.6 is 0 Å². The van der Waals surface area contributed by atoms with Crippen molar-refractivity contribution in [1.82, 2.24) is 20.4 Å². The lowest BCUT2D eigenvalue weighted by molar-refractivity contribution is 0.398. The Morgan fingerprint density at radius 3 is 1.52 bits per heavy atom. The van der Waals surface area contributed by atoms with Crippen LogP contribution in [-0.4, -0.2) is 35.9 Å². The van der Waals surface area contributed by atoms with Gasteiger partial charge in [-0.05, 0) is 41.5 Å². The van der Waals surface area contributed by atoms with Crippen LogP contribution in [0.4, 0.5) is 0 Å². The number of rotatable bonds is 6. The number of hydrogen-bond donors (Lipinski definition) is 2. The first-order valence-electron chi connectivity index (χ1n) is 10.2. The van der Waals surface area contributed by atoms with Gasteiger partial charge in [0.2, 0.25) is 0 Å². The SMILES string of the molecule is COS(=O)(=O)c1cc(-c2cc(-c3ccccc3)[nH]n2)cc(-c2cc(-c3ccccc3)[nH]n2)c1. The quantitative estimate of drug-likeness (QED) is 0.345. The zero-order valence-electron chi connectivity index (χ0n) is 17.7. The van der Waals surface area contributed by atoms with Crippen LogP contribution in [0.5, 0.6) is 0 Å². The van der Waals surface area contributed by atoms with E-state index in [-0.39, 0.29) is 4.90 Å². The molecule has 5 rings (SSSR count). The van der Waals surface area contributed by atoms with E-state index in [1.165, 1.54) is 0 Å². The highest BCUT2D eigenvalue weighted by Crippen LogP contribution is 2.32. The maximum absolute atomic E-state index is 12.5. The van der Waals surface area contributed by atoms with Gasteiger partial charge in [-0.2, -0.15) is 18.6 Å². The van der Waals surface area contributed by atoms with Crippen LogP contribution in [0.1, 0.15) is 0 Å². The van der Waals surface area contributed by atoms with E-state index in [2.05, 4.69) is 20.4 Å². The van der Waals surface area contributed by atoms with Gasteiger partial charge in [-0.15, -0.1) is 0 Å². The highest BCUT2D eigenvalue weighted by atomic mass is 32.2. The van der Waals surface area contributed by atoms with Crippen LogP contribution in [0, 0.1) is 0 Å². The molecule has 0 saturated heterocycles.